The first-order chi connectivity index (χ1) is 7.03. The van der Waals surface area contributed by atoms with Crippen LogP contribution < -0.4 is 11.5 Å². The number of nitrogens with two attached hydrogens (primary N) is 2. The van der Waals surface area contributed by atoms with Crippen molar-refractivity contribution in [3.05, 3.63) is 30.0 Å². The minimum Gasteiger partial charge on any atom is -0.399 e. The van der Waals surface area contributed by atoms with E-state index in [1.165, 1.54) is 0 Å². The Bertz CT molecular complexity index is 483. The van der Waals surface area contributed by atoms with Crippen molar-refractivity contribution in [3.8, 4) is 0 Å². The highest BCUT2D eigenvalue weighted by molar-refractivity contribution is 5.83. The van der Waals surface area contributed by atoms with Gasteiger partial charge < -0.3 is 16.5 Å². The number of benzene rings is 1. The summed E-state index contributed by atoms with van der Waals surface area (Å²) in [5, 5.41) is 1.14. The summed E-state index contributed by atoms with van der Waals surface area (Å²) in [5.74, 6) is 0. The highest BCUT2D eigenvalue weighted by atomic mass is 14.8. The average Bonchev–Trinajstić information content (AvgIpc) is 2.61. The summed E-state index contributed by atoms with van der Waals surface area (Å²) in [4.78, 5) is 3.38. The number of hydrogen-bond acceptors (Lipinski definition) is 2. The Morgan fingerprint density at radius 2 is 2.00 bits per heavy atom. The molecule has 0 saturated heterocycles. The fourth-order valence-electron chi connectivity index (χ4n) is 1.63. The summed E-state index contributed by atoms with van der Waals surface area (Å²) in [6, 6.07) is 8.00. The number of hydrogen-bond donors (Lipinski definition) is 3. The Labute approximate surface area is 89.5 Å². The van der Waals surface area contributed by atoms with E-state index in [2.05, 4.69) is 24.9 Å². The molecule has 0 aliphatic carbocycles. The zero-order valence-corrected chi connectivity index (χ0v) is 9.17. The molecule has 1 aromatic heterocycles. The molecule has 0 aliphatic heterocycles. The average molecular weight is 203 g/mol. The van der Waals surface area contributed by atoms with Crippen molar-refractivity contribution in [1.29, 1.82) is 0 Å². The molecule has 0 aliphatic rings. The molecular formula is C12H17N3. The summed E-state index contributed by atoms with van der Waals surface area (Å²) < 4.78 is 0. The molecular weight excluding hydrogens is 186 g/mol. The van der Waals surface area contributed by atoms with E-state index in [-0.39, 0.29) is 5.41 Å². The number of fused-ring (bicyclic) bond motifs is 1. The molecule has 0 spiro atoms. The van der Waals surface area contributed by atoms with E-state index >= 15 is 0 Å². The van der Waals surface area contributed by atoms with Gasteiger partial charge in [0.2, 0.25) is 0 Å². The van der Waals surface area contributed by atoms with Gasteiger partial charge >= 0.3 is 0 Å². The topological polar surface area (TPSA) is 67.8 Å². The summed E-state index contributed by atoms with van der Waals surface area (Å²) in [7, 11) is 0. The predicted molar refractivity (Wildman–Crippen MR) is 64.8 cm³/mol. The zero-order valence-electron chi connectivity index (χ0n) is 9.17. The quantitative estimate of drug-likeness (QED) is 0.653. The normalized spacial score (nSPS) is 12.2. The van der Waals surface area contributed by atoms with Crippen LogP contribution in [0.1, 0.15) is 19.5 Å². The van der Waals surface area contributed by atoms with Gasteiger partial charge in [-0.1, -0.05) is 13.8 Å². The van der Waals surface area contributed by atoms with Gasteiger partial charge in [0.05, 0.1) is 0 Å². The van der Waals surface area contributed by atoms with Crippen LogP contribution in [0, 0.1) is 0 Å². The van der Waals surface area contributed by atoms with E-state index in [9.17, 15) is 0 Å². The van der Waals surface area contributed by atoms with Crippen LogP contribution in [0.25, 0.3) is 10.9 Å². The summed E-state index contributed by atoms with van der Waals surface area (Å²) in [6.45, 7) is 4.87. The maximum absolute atomic E-state index is 5.75. The summed E-state index contributed by atoms with van der Waals surface area (Å²) in [5.41, 5.74) is 14.5. The van der Waals surface area contributed by atoms with Gasteiger partial charge in [-0.2, -0.15) is 0 Å². The number of aromatic amines is 1. The van der Waals surface area contributed by atoms with Crippen molar-refractivity contribution < 1.29 is 0 Å². The van der Waals surface area contributed by atoms with Gasteiger partial charge in [0.15, 0.2) is 0 Å². The number of rotatable bonds is 2. The third kappa shape index (κ3) is 1.70. The molecule has 1 aromatic carbocycles. The van der Waals surface area contributed by atoms with Crippen LogP contribution in [-0.2, 0) is 5.41 Å². The van der Waals surface area contributed by atoms with Crippen LogP contribution in [0.15, 0.2) is 24.3 Å². The van der Waals surface area contributed by atoms with Gasteiger partial charge in [-0.3, -0.25) is 0 Å². The van der Waals surface area contributed by atoms with Crippen molar-refractivity contribution in [2.75, 3.05) is 12.3 Å². The minimum absolute atomic E-state index is 0.0201. The van der Waals surface area contributed by atoms with Crippen LogP contribution in [0.2, 0.25) is 0 Å². The van der Waals surface area contributed by atoms with Gasteiger partial charge in [-0.25, -0.2) is 0 Å². The zero-order chi connectivity index (χ0) is 11.1. The number of nitrogen functional groups attached to an aromatic ring is 1. The van der Waals surface area contributed by atoms with Gasteiger partial charge in [-0.15, -0.1) is 0 Å². The second kappa shape index (κ2) is 3.28. The lowest BCUT2D eigenvalue weighted by atomic mass is 9.90. The molecule has 2 rings (SSSR count). The molecule has 0 radical (unpaired) electrons. The predicted octanol–water partition coefficient (Wildman–Crippen LogP) is 1.99. The lowest BCUT2D eigenvalue weighted by Crippen LogP contribution is -2.28. The van der Waals surface area contributed by atoms with Crippen molar-refractivity contribution in [3.63, 3.8) is 0 Å². The number of aromatic nitrogens is 1. The van der Waals surface area contributed by atoms with Crippen molar-refractivity contribution in [1.82, 2.24) is 4.98 Å². The largest absolute Gasteiger partial charge is 0.399 e. The second-order valence-corrected chi connectivity index (χ2v) is 4.62. The molecule has 0 fully saturated rings. The summed E-state index contributed by atoms with van der Waals surface area (Å²) >= 11 is 0. The van der Waals surface area contributed by atoms with Gasteiger partial charge in [-0.05, 0) is 24.3 Å². The second-order valence-electron chi connectivity index (χ2n) is 4.62. The molecule has 3 heteroatoms. The third-order valence-electron chi connectivity index (χ3n) is 2.88. The van der Waals surface area contributed by atoms with E-state index in [0.29, 0.717) is 6.54 Å². The van der Waals surface area contributed by atoms with Crippen molar-refractivity contribution >= 4 is 16.6 Å². The monoisotopic (exact) mass is 203 g/mol. The first-order valence-corrected chi connectivity index (χ1v) is 5.12. The number of H-pyrrole nitrogens is 1. The van der Waals surface area contributed by atoms with E-state index in [4.69, 9.17) is 11.5 Å². The summed E-state index contributed by atoms with van der Waals surface area (Å²) in [6.07, 6.45) is 0. The van der Waals surface area contributed by atoms with E-state index in [1.807, 2.05) is 18.2 Å². The fraction of sp³-hybridized carbons (Fsp3) is 0.333. The van der Waals surface area contributed by atoms with Gasteiger partial charge in [0, 0.05) is 34.2 Å². The fourth-order valence-corrected chi connectivity index (χ4v) is 1.63. The van der Waals surface area contributed by atoms with Crippen LogP contribution in [-0.4, -0.2) is 11.5 Å². The van der Waals surface area contributed by atoms with E-state index in [1.54, 1.807) is 0 Å². The van der Waals surface area contributed by atoms with Crippen molar-refractivity contribution in [2.45, 2.75) is 19.3 Å². The number of anilines is 1. The Balaban J connectivity index is 2.56. The Morgan fingerprint density at radius 1 is 1.27 bits per heavy atom. The molecule has 0 saturated carbocycles. The molecule has 0 bridgehead atoms. The standard InChI is InChI=1S/C12H17N3/c1-12(2,7-13)11-6-8-5-9(14)3-4-10(8)15-11/h3-6,15H,7,13-14H2,1-2H3. The first kappa shape index (κ1) is 10.1. The lowest BCUT2D eigenvalue weighted by Gasteiger charge is -2.20. The van der Waals surface area contributed by atoms with Gasteiger partial charge in [0.25, 0.3) is 0 Å². The third-order valence-corrected chi connectivity index (χ3v) is 2.88. The molecule has 15 heavy (non-hydrogen) atoms. The SMILES string of the molecule is CC(C)(CN)c1cc2cc(N)ccc2[nH]1. The van der Waals surface area contributed by atoms with Crippen LogP contribution in [0.4, 0.5) is 5.69 Å². The molecule has 1 heterocycles. The van der Waals surface area contributed by atoms with E-state index < -0.39 is 0 Å². The lowest BCUT2D eigenvalue weighted by molar-refractivity contribution is 0.526. The minimum atomic E-state index is -0.0201. The van der Waals surface area contributed by atoms with Gasteiger partial charge in [0.1, 0.15) is 0 Å². The van der Waals surface area contributed by atoms with E-state index in [0.717, 1.165) is 22.3 Å². The molecule has 0 atom stereocenters. The molecule has 5 N–H and O–H groups in total. The molecule has 2 aromatic rings. The first-order valence-electron chi connectivity index (χ1n) is 5.12. The van der Waals surface area contributed by atoms with Crippen LogP contribution >= 0.6 is 0 Å². The molecule has 0 amide bonds. The smallest absolute Gasteiger partial charge is 0.0457 e. The Kier molecular flexibility index (Phi) is 2.20. The molecule has 80 valence electrons. The highest BCUT2D eigenvalue weighted by Crippen LogP contribution is 2.26. The molecule has 3 nitrogen and oxygen atoms in total. The van der Waals surface area contributed by atoms with Crippen molar-refractivity contribution in [2.24, 2.45) is 5.73 Å². The van der Waals surface area contributed by atoms with Crippen LogP contribution in [0.5, 0.6) is 0 Å². The Hall–Kier alpha value is -1.48. The maximum atomic E-state index is 5.75. The maximum Gasteiger partial charge on any atom is 0.0457 e. The van der Waals surface area contributed by atoms with Crippen LogP contribution in [0.3, 0.4) is 0 Å². The Morgan fingerprint density at radius 3 is 2.67 bits per heavy atom. The molecule has 0 unspecified atom stereocenters. The highest BCUT2D eigenvalue weighted by Gasteiger charge is 2.20. The number of nitrogens with one attached hydrogen (secondary N) is 1.